The maximum Gasteiger partial charge on any atom is 0.338 e. The second kappa shape index (κ2) is 10.2. The largest absolute Gasteiger partial charge is 0.462 e. The maximum absolute atomic E-state index is 12.8. The standard InChI is InChI=1S/C22H33N3O3/c1-6-9-15(4)14-28-21(26)19-16(5)23-22(27)24-20(19)17-10-12-18(13-11-17)25(7-2)8-3/h10-13,15,20H,6-9,14H2,1-5H3,(H2,23,24,27)/t15-,20+/m1/s1. The summed E-state index contributed by atoms with van der Waals surface area (Å²) in [6, 6.07) is 7.14. The molecular weight excluding hydrogens is 354 g/mol. The van der Waals surface area contributed by atoms with Crippen LogP contribution in [0.4, 0.5) is 10.5 Å². The van der Waals surface area contributed by atoms with Crippen molar-refractivity contribution in [3.63, 3.8) is 0 Å². The summed E-state index contributed by atoms with van der Waals surface area (Å²) in [6.45, 7) is 12.4. The van der Waals surface area contributed by atoms with Crippen LogP contribution >= 0.6 is 0 Å². The van der Waals surface area contributed by atoms with Crippen LogP contribution in [0.1, 0.15) is 59.1 Å². The highest BCUT2D eigenvalue weighted by molar-refractivity contribution is 5.95. The molecule has 0 saturated heterocycles. The van der Waals surface area contributed by atoms with Gasteiger partial charge >= 0.3 is 12.0 Å². The normalized spacial score (nSPS) is 17.6. The Hall–Kier alpha value is -2.50. The number of urea groups is 1. The molecule has 0 aromatic heterocycles. The summed E-state index contributed by atoms with van der Waals surface area (Å²) in [6.07, 6.45) is 2.07. The van der Waals surface area contributed by atoms with Crippen LogP contribution in [0, 0.1) is 5.92 Å². The molecule has 1 aliphatic heterocycles. The summed E-state index contributed by atoms with van der Waals surface area (Å²) in [5, 5.41) is 5.55. The zero-order chi connectivity index (χ0) is 20.7. The van der Waals surface area contributed by atoms with Gasteiger partial charge in [0.2, 0.25) is 0 Å². The lowest BCUT2D eigenvalue weighted by atomic mass is 9.95. The van der Waals surface area contributed by atoms with Crippen molar-refractivity contribution in [3.05, 3.63) is 41.1 Å². The van der Waals surface area contributed by atoms with Crippen LogP contribution in [0.3, 0.4) is 0 Å². The average molecular weight is 388 g/mol. The van der Waals surface area contributed by atoms with Gasteiger partial charge in [-0.05, 0) is 50.8 Å². The van der Waals surface area contributed by atoms with Gasteiger partial charge in [-0.1, -0.05) is 32.4 Å². The first-order valence-electron chi connectivity index (χ1n) is 10.2. The van der Waals surface area contributed by atoms with Crippen molar-refractivity contribution >= 4 is 17.7 Å². The van der Waals surface area contributed by atoms with E-state index in [1.165, 1.54) is 0 Å². The van der Waals surface area contributed by atoms with Gasteiger partial charge in [-0.15, -0.1) is 0 Å². The molecule has 154 valence electrons. The zero-order valence-corrected chi connectivity index (χ0v) is 17.7. The number of esters is 1. The highest BCUT2D eigenvalue weighted by Crippen LogP contribution is 2.29. The molecule has 28 heavy (non-hydrogen) atoms. The predicted molar refractivity (Wildman–Crippen MR) is 112 cm³/mol. The number of allylic oxidation sites excluding steroid dienone is 1. The molecule has 6 nitrogen and oxygen atoms in total. The lowest BCUT2D eigenvalue weighted by Crippen LogP contribution is -2.45. The second-order valence-electron chi connectivity index (χ2n) is 7.33. The van der Waals surface area contributed by atoms with Crippen molar-refractivity contribution in [2.24, 2.45) is 5.92 Å². The quantitative estimate of drug-likeness (QED) is 0.625. The zero-order valence-electron chi connectivity index (χ0n) is 17.7. The molecule has 2 amide bonds. The molecular formula is C22H33N3O3. The van der Waals surface area contributed by atoms with Crippen molar-refractivity contribution in [2.75, 3.05) is 24.6 Å². The van der Waals surface area contributed by atoms with Crippen molar-refractivity contribution in [1.29, 1.82) is 0 Å². The number of nitrogens with zero attached hydrogens (tertiary/aromatic N) is 1. The van der Waals surface area contributed by atoms with Gasteiger partial charge in [0.25, 0.3) is 0 Å². The molecule has 1 heterocycles. The van der Waals surface area contributed by atoms with Gasteiger partial charge in [0, 0.05) is 24.5 Å². The SMILES string of the molecule is CCC[C@@H](C)COC(=O)C1=C(C)NC(=O)N[C@H]1c1ccc(N(CC)CC)cc1. The minimum absolute atomic E-state index is 0.313. The van der Waals surface area contributed by atoms with E-state index in [4.69, 9.17) is 4.74 Å². The molecule has 0 aliphatic carbocycles. The monoisotopic (exact) mass is 387 g/mol. The molecule has 2 N–H and O–H groups in total. The number of rotatable bonds is 9. The molecule has 0 fully saturated rings. The van der Waals surface area contributed by atoms with Gasteiger partial charge in [-0.2, -0.15) is 0 Å². The summed E-state index contributed by atoms with van der Waals surface area (Å²) in [5.41, 5.74) is 2.97. The minimum atomic E-state index is -0.520. The fourth-order valence-corrected chi connectivity index (χ4v) is 3.55. The van der Waals surface area contributed by atoms with Crippen LogP contribution in [0.15, 0.2) is 35.5 Å². The van der Waals surface area contributed by atoms with Crippen LogP contribution in [0.2, 0.25) is 0 Å². The van der Waals surface area contributed by atoms with E-state index in [9.17, 15) is 9.59 Å². The van der Waals surface area contributed by atoms with Crippen molar-refractivity contribution in [1.82, 2.24) is 10.6 Å². The van der Waals surface area contributed by atoms with Gasteiger partial charge in [0.05, 0.1) is 18.2 Å². The molecule has 1 aromatic rings. The predicted octanol–water partition coefficient (Wildman–Crippen LogP) is 4.14. The highest BCUT2D eigenvalue weighted by Gasteiger charge is 2.32. The van der Waals surface area contributed by atoms with Crippen molar-refractivity contribution in [2.45, 2.75) is 53.5 Å². The molecule has 0 bridgehead atoms. The number of hydrogen-bond donors (Lipinski definition) is 2. The van der Waals surface area contributed by atoms with E-state index < -0.39 is 6.04 Å². The number of nitrogens with one attached hydrogen (secondary N) is 2. The van der Waals surface area contributed by atoms with E-state index in [0.29, 0.717) is 23.8 Å². The molecule has 1 aliphatic rings. The summed E-state index contributed by atoms with van der Waals surface area (Å²) in [4.78, 5) is 27.1. The van der Waals surface area contributed by atoms with Gasteiger partial charge in [0.15, 0.2) is 0 Å². The second-order valence-corrected chi connectivity index (χ2v) is 7.33. The number of ether oxygens (including phenoxy) is 1. The molecule has 0 unspecified atom stereocenters. The third-order valence-corrected chi connectivity index (χ3v) is 5.12. The van der Waals surface area contributed by atoms with Crippen molar-refractivity contribution < 1.29 is 14.3 Å². The third-order valence-electron chi connectivity index (χ3n) is 5.12. The Balaban J connectivity index is 2.23. The van der Waals surface area contributed by atoms with Crippen LogP contribution in [-0.2, 0) is 9.53 Å². The van der Waals surface area contributed by atoms with Gasteiger partial charge in [-0.25, -0.2) is 9.59 Å². The topological polar surface area (TPSA) is 70.7 Å². The lowest BCUT2D eigenvalue weighted by Gasteiger charge is -2.29. The van der Waals surface area contributed by atoms with Crippen molar-refractivity contribution in [3.8, 4) is 0 Å². The van der Waals surface area contributed by atoms with E-state index >= 15 is 0 Å². The maximum atomic E-state index is 12.8. The Kier molecular flexibility index (Phi) is 7.91. The number of amides is 2. The first-order chi connectivity index (χ1) is 13.4. The number of anilines is 1. The molecule has 0 radical (unpaired) electrons. The van der Waals surface area contributed by atoms with Gasteiger partial charge < -0.3 is 20.3 Å². The molecule has 6 heteroatoms. The third kappa shape index (κ3) is 5.27. The first-order valence-corrected chi connectivity index (χ1v) is 10.2. The number of carbonyl (C=O) groups excluding carboxylic acids is 2. The lowest BCUT2D eigenvalue weighted by molar-refractivity contribution is -0.140. The Morgan fingerprint density at radius 3 is 2.39 bits per heavy atom. The summed E-state index contributed by atoms with van der Waals surface area (Å²) >= 11 is 0. The van der Waals surface area contributed by atoms with E-state index in [0.717, 1.165) is 37.2 Å². The summed E-state index contributed by atoms with van der Waals surface area (Å²) in [7, 11) is 0. The van der Waals surface area contributed by atoms with E-state index in [1.54, 1.807) is 6.92 Å². The summed E-state index contributed by atoms with van der Waals surface area (Å²) < 4.78 is 5.55. The molecule has 1 aromatic carbocycles. The van der Waals surface area contributed by atoms with Crippen LogP contribution in [0.5, 0.6) is 0 Å². The number of hydrogen-bond acceptors (Lipinski definition) is 4. The molecule has 0 spiro atoms. The van der Waals surface area contributed by atoms with E-state index in [2.05, 4.69) is 43.2 Å². The Morgan fingerprint density at radius 1 is 1.18 bits per heavy atom. The molecule has 0 saturated carbocycles. The molecule has 2 rings (SSSR count). The van der Waals surface area contributed by atoms with Crippen LogP contribution < -0.4 is 15.5 Å². The smallest absolute Gasteiger partial charge is 0.338 e. The average Bonchev–Trinajstić information content (AvgIpc) is 2.67. The fourth-order valence-electron chi connectivity index (χ4n) is 3.55. The van der Waals surface area contributed by atoms with Gasteiger partial charge in [-0.3, -0.25) is 0 Å². The number of carbonyl (C=O) groups is 2. The fraction of sp³-hybridized carbons (Fsp3) is 0.545. The Bertz CT molecular complexity index is 708. The Morgan fingerprint density at radius 2 is 1.82 bits per heavy atom. The highest BCUT2D eigenvalue weighted by atomic mass is 16.5. The number of benzene rings is 1. The van der Waals surface area contributed by atoms with Crippen LogP contribution in [0.25, 0.3) is 0 Å². The summed E-state index contributed by atoms with van der Waals surface area (Å²) in [5.74, 6) is -0.0708. The van der Waals surface area contributed by atoms with E-state index in [1.807, 2.05) is 24.3 Å². The molecule has 2 atom stereocenters. The van der Waals surface area contributed by atoms with Gasteiger partial charge in [0.1, 0.15) is 0 Å². The Labute approximate surface area is 168 Å². The minimum Gasteiger partial charge on any atom is -0.462 e. The van der Waals surface area contributed by atoms with E-state index in [-0.39, 0.29) is 12.0 Å². The van der Waals surface area contributed by atoms with Crippen LogP contribution in [-0.4, -0.2) is 31.7 Å². The first kappa shape index (κ1) is 21.8.